The fourth-order valence-corrected chi connectivity index (χ4v) is 2.08. The van der Waals surface area contributed by atoms with Crippen LogP contribution in [0.25, 0.3) is 10.9 Å². The normalized spacial score (nSPS) is 12.7. The quantitative estimate of drug-likeness (QED) is 0.835. The first-order valence-electron chi connectivity index (χ1n) is 6.64. The van der Waals surface area contributed by atoms with Gasteiger partial charge in [-0.3, -0.25) is 4.79 Å². The molecule has 1 aromatic carbocycles. The largest absolute Gasteiger partial charge is 0.377 e. The summed E-state index contributed by atoms with van der Waals surface area (Å²) < 4.78 is 5.43. The number of aromatic amines is 1. The van der Waals surface area contributed by atoms with E-state index >= 15 is 0 Å². The van der Waals surface area contributed by atoms with Crippen LogP contribution in [0.5, 0.6) is 0 Å². The summed E-state index contributed by atoms with van der Waals surface area (Å²) in [6, 6.07) is 9.73. The third kappa shape index (κ3) is 3.66. The number of hydrogen-bond acceptors (Lipinski definition) is 3. The second-order valence-electron chi connectivity index (χ2n) is 4.61. The molecule has 1 aromatic heterocycles. The Bertz CT molecular complexity index is 592. The average molecular weight is 260 g/mol. The Balaban J connectivity index is 2.04. The number of fused-ring (bicyclic) bond motifs is 1. The van der Waals surface area contributed by atoms with E-state index in [0.717, 1.165) is 23.0 Å². The summed E-state index contributed by atoms with van der Waals surface area (Å²) in [6.07, 6.45) is 0.157. The van der Waals surface area contributed by atoms with E-state index in [9.17, 15) is 4.79 Å². The molecule has 0 fully saturated rings. The molecular formula is C15H20N2O2. The van der Waals surface area contributed by atoms with Gasteiger partial charge in [-0.25, -0.2) is 0 Å². The number of aromatic nitrogens is 1. The van der Waals surface area contributed by atoms with Gasteiger partial charge in [0.15, 0.2) is 0 Å². The van der Waals surface area contributed by atoms with Crippen LogP contribution in [0.4, 0.5) is 0 Å². The minimum atomic E-state index is -0.0322. The van der Waals surface area contributed by atoms with Crippen molar-refractivity contribution in [3.8, 4) is 0 Å². The molecule has 2 aromatic rings. The molecule has 4 heteroatoms. The summed E-state index contributed by atoms with van der Waals surface area (Å²) in [7, 11) is 0. The molecule has 0 saturated carbocycles. The maximum Gasteiger partial charge on any atom is 0.252 e. The highest BCUT2D eigenvalue weighted by molar-refractivity contribution is 5.78. The van der Waals surface area contributed by atoms with Gasteiger partial charge in [0.25, 0.3) is 5.56 Å². The molecule has 0 aliphatic carbocycles. The number of ether oxygens (including phenoxy) is 1. The first-order valence-corrected chi connectivity index (χ1v) is 6.64. The minimum absolute atomic E-state index is 0.0322. The predicted octanol–water partition coefficient (Wildman–Crippen LogP) is 2.04. The first-order chi connectivity index (χ1) is 9.20. The summed E-state index contributed by atoms with van der Waals surface area (Å²) in [4.78, 5) is 14.8. The lowest BCUT2D eigenvalue weighted by Gasteiger charge is -2.12. The molecule has 1 heterocycles. The second-order valence-corrected chi connectivity index (χ2v) is 4.61. The zero-order valence-corrected chi connectivity index (χ0v) is 11.4. The van der Waals surface area contributed by atoms with Crippen molar-refractivity contribution in [3.05, 3.63) is 46.2 Å². The van der Waals surface area contributed by atoms with Crippen molar-refractivity contribution in [2.24, 2.45) is 0 Å². The van der Waals surface area contributed by atoms with E-state index in [0.29, 0.717) is 13.2 Å². The lowest BCUT2D eigenvalue weighted by atomic mass is 10.1. The molecular weight excluding hydrogens is 240 g/mol. The van der Waals surface area contributed by atoms with Gasteiger partial charge in [-0.1, -0.05) is 18.2 Å². The molecule has 0 aliphatic rings. The van der Waals surface area contributed by atoms with Gasteiger partial charge >= 0.3 is 0 Å². The van der Waals surface area contributed by atoms with E-state index in [1.165, 1.54) is 0 Å². The van der Waals surface area contributed by atoms with Gasteiger partial charge in [-0.05, 0) is 31.4 Å². The molecule has 0 amide bonds. The zero-order chi connectivity index (χ0) is 13.7. The van der Waals surface area contributed by atoms with Crippen LogP contribution in [0.15, 0.2) is 35.1 Å². The molecule has 0 bridgehead atoms. The summed E-state index contributed by atoms with van der Waals surface area (Å²) >= 11 is 0. The molecule has 0 spiro atoms. The van der Waals surface area contributed by atoms with Crippen molar-refractivity contribution in [2.75, 3.05) is 13.2 Å². The van der Waals surface area contributed by atoms with E-state index < -0.39 is 0 Å². The fourth-order valence-electron chi connectivity index (χ4n) is 2.08. The van der Waals surface area contributed by atoms with Crippen molar-refractivity contribution >= 4 is 10.9 Å². The van der Waals surface area contributed by atoms with E-state index in [2.05, 4.69) is 10.3 Å². The highest BCUT2D eigenvalue weighted by Gasteiger charge is 2.04. The van der Waals surface area contributed by atoms with Crippen LogP contribution in [0.1, 0.15) is 19.4 Å². The van der Waals surface area contributed by atoms with Gasteiger partial charge in [0.05, 0.1) is 6.10 Å². The summed E-state index contributed by atoms with van der Waals surface area (Å²) in [5.74, 6) is 0. The monoisotopic (exact) mass is 260 g/mol. The Morgan fingerprint density at radius 3 is 2.95 bits per heavy atom. The molecule has 102 valence electrons. The van der Waals surface area contributed by atoms with Crippen LogP contribution in [-0.2, 0) is 11.3 Å². The Hall–Kier alpha value is -1.65. The topological polar surface area (TPSA) is 54.1 Å². The van der Waals surface area contributed by atoms with Gasteiger partial charge in [0, 0.05) is 30.8 Å². The highest BCUT2D eigenvalue weighted by atomic mass is 16.5. The molecule has 0 saturated heterocycles. The van der Waals surface area contributed by atoms with Crippen molar-refractivity contribution in [1.29, 1.82) is 0 Å². The number of H-pyrrole nitrogens is 1. The van der Waals surface area contributed by atoms with Crippen molar-refractivity contribution in [3.63, 3.8) is 0 Å². The van der Waals surface area contributed by atoms with Crippen LogP contribution >= 0.6 is 0 Å². The molecule has 2 rings (SSSR count). The SMILES string of the molecule is CCOC(C)CNCc1cc2ccccc2[nH]c1=O. The third-order valence-electron chi connectivity index (χ3n) is 3.03. The summed E-state index contributed by atoms with van der Waals surface area (Å²) in [6.45, 7) is 5.99. The molecule has 1 atom stereocenters. The lowest BCUT2D eigenvalue weighted by molar-refractivity contribution is 0.0759. The molecule has 4 nitrogen and oxygen atoms in total. The van der Waals surface area contributed by atoms with Crippen molar-refractivity contribution < 1.29 is 4.74 Å². The molecule has 1 unspecified atom stereocenters. The molecule has 19 heavy (non-hydrogen) atoms. The number of nitrogens with one attached hydrogen (secondary N) is 2. The predicted molar refractivity (Wildman–Crippen MR) is 77.4 cm³/mol. The number of para-hydroxylation sites is 1. The van der Waals surface area contributed by atoms with Gasteiger partial charge in [-0.2, -0.15) is 0 Å². The maximum absolute atomic E-state index is 11.9. The number of rotatable bonds is 6. The van der Waals surface area contributed by atoms with E-state index in [4.69, 9.17) is 4.74 Å². The molecule has 0 aliphatic heterocycles. The Labute approximate surface area is 112 Å². The van der Waals surface area contributed by atoms with Gasteiger partial charge < -0.3 is 15.0 Å². The van der Waals surface area contributed by atoms with E-state index in [1.54, 1.807) is 0 Å². The Morgan fingerprint density at radius 2 is 2.16 bits per heavy atom. The Morgan fingerprint density at radius 1 is 1.37 bits per heavy atom. The number of pyridine rings is 1. The third-order valence-corrected chi connectivity index (χ3v) is 3.03. The average Bonchev–Trinajstić information content (AvgIpc) is 2.39. The molecule has 0 radical (unpaired) electrons. The number of hydrogen-bond donors (Lipinski definition) is 2. The Kier molecular flexibility index (Phi) is 4.71. The van der Waals surface area contributed by atoms with Gasteiger partial charge in [0.1, 0.15) is 0 Å². The lowest BCUT2D eigenvalue weighted by Crippen LogP contribution is -2.28. The fraction of sp³-hybridized carbons (Fsp3) is 0.400. The summed E-state index contributed by atoms with van der Waals surface area (Å²) in [5.41, 5.74) is 1.59. The zero-order valence-electron chi connectivity index (χ0n) is 11.4. The van der Waals surface area contributed by atoms with Gasteiger partial charge in [0.2, 0.25) is 0 Å². The smallest absolute Gasteiger partial charge is 0.252 e. The van der Waals surface area contributed by atoms with Crippen LogP contribution in [-0.4, -0.2) is 24.2 Å². The summed E-state index contributed by atoms with van der Waals surface area (Å²) in [5, 5.41) is 4.30. The van der Waals surface area contributed by atoms with Crippen LogP contribution < -0.4 is 10.9 Å². The van der Waals surface area contributed by atoms with Crippen LogP contribution in [0.3, 0.4) is 0 Å². The van der Waals surface area contributed by atoms with Crippen LogP contribution in [0, 0.1) is 0 Å². The van der Waals surface area contributed by atoms with Crippen molar-refractivity contribution in [2.45, 2.75) is 26.5 Å². The van der Waals surface area contributed by atoms with Crippen molar-refractivity contribution in [1.82, 2.24) is 10.3 Å². The highest BCUT2D eigenvalue weighted by Crippen LogP contribution is 2.09. The number of benzene rings is 1. The second kappa shape index (κ2) is 6.50. The van der Waals surface area contributed by atoms with E-state index in [-0.39, 0.29) is 11.7 Å². The standard InChI is InChI=1S/C15H20N2O2/c1-3-19-11(2)9-16-10-13-8-12-6-4-5-7-14(12)17-15(13)18/h4-8,11,16H,3,9-10H2,1-2H3,(H,17,18). The van der Waals surface area contributed by atoms with Crippen LogP contribution in [0.2, 0.25) is 0 Å². The minimum Gasteiger partial charge on any atom is -0.377 e. The van der Waals surface area contributed by atoms with Gasteiger partial charge in [-0.15, -0.1) is 0 Å². The molecule has 2 N–H and O–H groups in total. The maximum atomic E-state index is 11.9. The van der Waals surface area contributed by atoms with E-state index in [1.807, 2.05) is 44.2 Å². The first kappa shape index (κ1) is 13.8.